The molecule has 1 aromatic heterocycles. The molecule has 8 heteroatoms. The average Bonchev–Trinajstić information content (AvgIpc) is 3.54. The number of hydrogen-bond donors (Lipinski definition) is 1. The molecule has 1 fully saturated rings. The summed E-state index contributed by atoms with van der Waals surface area (Å²) in [6, 6.07) is 18.1. The van der Waals surface area contributed by atoms with Crippen molar-refractivity contribution in [1.29, 1.82) is 0 Å². The van der Waals surface area contributed by atoms with E-state index in [4.69, 9.17) is 49.2 Å². The maximum atomic E-state index is 11.1. The molecule has 1 heterocycles. The fraction of sp³-hybridized carbons (Fsp3) is 0.241. The van der Waals surface area contributed by atoms with E-state index in [1.165, 1.54) is 0 Å². The van der Waals surface area contributed by atoms with Crippen LogP contribution in [0.1, 0.15) is 70.8 Å². The molecule has 5 rings (SSSR count). The van der Waals surface area contributed by atoms with E-state index in [2.05, 4.69) is 5.16 Å². The van der Waals surface area contributed by atoms with Gasteiger partial charge >= 0.3 is 5.97 Å². The van der Waals surface area contributed by atoms with Crippen molar-refractivity contribution in [3.05, 3.63) is 104 Å². The summed E-state index contributed by atoms with van der Waals surface area (Å²) in [6.45, 7) is 4.26. The Labute approximate surface area is 229 Å². The van der Waals surface area contributed by atoms with Gasteiger partial charge in [0.2, 0.25) is 0 Å². The van der Waals surface area contributed by atoms with E-state index in [1.807, 2.05) is 44.2 Å². The molecule has 0 saturated heterocycles. The third kappa shape index (κ3) is 5.22. The van der Waals surface area contributed by atoms with Crippen LogP contribution in [0.2, 0.25) is 15.1 Å². The summed E-state index contributed by atoms with van der Waals surface area (Å²) in [5.74, 6) is 1.11. The topological polar surface area (TPSA) is 72.6 Å². The Bertz CT molecular complexity index is 1440. The lowest BCUT2D eigenvalue weighted by Gasteiger charge is -2.12. The maximum absolute atomic E-state index is 11.1. The van der Waals surface area contributed by atoms with Crippen LogP contribution in [-0.2, 0) is 6.61 Å². The number of carboxylic acid groups (broad SMARTS) is 1. The second kappa shape index (κ2) is 10.4. The minimum atomic E-state index is -0.925. The molecule has 37 heavy (non-hydrogen) atoms. The Morgan fingerprint density at radius 1 is 1.03 bits per heavy atom. The predicted molar refractivity (Wildman–Crippen MR) is 145 cm³/mol. The van der Waals surface area contributed by atoms with Gasteiger partial charge in [-0.3, -0.25) is 0 Å². The van der Waals surface area contributed by atoms with Gasteiger partial charge < -0.3 is 14.4 Å². The van der Waals surface area contributed by atoms with Gasteiger partial charge in [0.15, 0.2) is 0 Å². The normalized spacial score (nSPS) is 16.7. The van der Waals surface area contributed by atoms with Gasteiger partial charge in [-0.05, 0) is 65.8 Å². The minimum absolute atomic E-state index is 0.0865. The van der Waals surface area contributed by atoms with Crippen LogP contribution in [0.25, 0.3) is 11.3 Å². The Balaban J connectivity index is 1.33. The molecule has 1 N–H and O–H groups in total. The van der Waals surface area contributed by atoms with Crippen molar-refractivity contribution in [3.63, 3.8) is 0 Å². The summed E-state index contributed by atoms with van der Waals surface area (Å²) in [4.78, 5) is 11.1. The van der Waals surface area contributed by atoms with Gasteiger partial charge in [0, 0.05) is 16.5 Å². The molecular formula is C29H24Cl3NO4. The van der Waals surface area contributed by atoms with E-state index in [-0.39, 0.29) is 24.0 Å². The van der Waals surface area contributed by atoms with E-state index in [9.17, 15) is 4.79 Å². The van der Waals surface area contributed by atoms with E-state index >= 15 is 0 Å². The number of hydrogen-bond acceptors (Lipinski definition) is 4. The molecular weight excluding hydrogens is 533 g/mol. The standard InChI is InChI=1S/C29H24Cl3NO4/c1-15(2)28-22(27(33-37-28)26-23(30)4-3-5-24(26)31)14-36-18-10-11-19(25(32)12-18)21-13-20(21)16-6-8-17(9-7-16)29(34)35/h3-12,15,20-21H,13-14H2,1-2H3,(H,34,35). The monoisotopic (exact) mass is 555 g/mol. The van der Waals surface area contributed by atoms with Gasteiger partial charge in [-0.25, -0.2) is 4.79 Å². The number of nitrogens with zero attached hydrogens (tertiary/aromatic N) is 1. The molecule has 2 unspecified atom stereocenters. The van der Waals surface area contributed by atoms with E-state index in [1.54, 1.807) is 30.3 Å². The smallest absolute Gasteiger partial charge is 0.335 e. The summed E-state index contributed by atoms with van der Waals surface area (Å²) in [5.41, 5.74) is 4.43. The molecule has 1 aliphatic carbocycles. The zero-order valence-corrected chi connectivity index (χ0v) is 22.4. The maximum Gasteiger partial charge on any atom is 0.335 e. The number of rotatable bonds is 8. The molecule has 0 radical (unpaired) electrons. The summed E-state index contributed by atoms with van der Waals surface area (Å²) < 4.78 is 11.8. The molecule has 1 saturated carbocycles. The number of carboxylic acids is 1. The number of benzene rings is 3. The molecule has 0 bridgehead atoms. The quantitative estimate of drug-likeness (QED) is 0.234. The Hall–Kier alpha value is -2.99. The summed E-state index contributed by atoms with van der Waals surface area (Å²) >= 11 is 19.6. The first-order valence-electron chi connectivity index (χ1n) is 11.9. The third-order valence-electron chi connectivity index (χ3n) is 6.67. The highest BCUT2D eigenvalue weighted by atomic mass is 35.5. The van der Waals surface area contributed by atoms with Crippen LogP contribution in [-0.4, -0.2) is 16.2 Å². The molecule has 0 aliphatic heterocycles. The number of aromatic nitrogens is 1. The van der Waals surface area contributed by atoms with Crippen molar-refractivity contribution < 1.29 is 19.2 Å². The zero-order valence-electron chi connectivity index (χ0n) is 20.2. The van der Waals surface area contributed by atoms with Crippen molar-refractivity contribution >= 4 is 40.8 Å². The number of aromatic carboxylic acids is 1. The number of carbonyl (C=O) groups is 1. The Morgan fingerprint density at radius 2 is 1.73 bits per heavy atom. The molecule has 3 aromatic carbocycles. The van der Waals surface area contributed by atoms with Gasteiger partial charge in [0.25, 0.3) is 0 Å². The van der Waals surface area contributed by atoms with Crippen LogP contribution in [0.4, 0.5) is 0 Å². The van der Waals surface area contributed by atoms with Crippen LogP contribution in [0.3, 0.4) is 0 Å². The Morgan fingerprint density at radius 3 is 2.35 bits per heavy atom. The van der Waals surface area contributed by atoms with Crippen molar-refractivity contribution in [1.82, 2.24) is 5.16 Å². The van der Waals surface area contributed by atoms with Crippen LogP contribution >= 0.6 is 34.8 Å². The zero-order chi connectivity index (χ0) is 26.3. The molecule has 5 nitrogen and oxygen atoms in total. The van der Waals surface area contributed by atoms with Gasteiger partial charge in [0.1, 0.15) is 23.8 Å². The Kier molecular flexibility index (Phi) is 7.21. The van der Waals surface area contributed by atoms with Crippen molar-refractivity contribution in [2.45, 2.75) is 44.6 Å². The van der Waals surface area contributed by atoms with Crippen LogP contribution in [0, 0.1) is 0 Å². The molecule has 0 amide bonds. The largest absolute Gasteiger partial charge is 0.489 e. The van der Waals surface area contributed by atoms with Gasteiger partial charge in [-0.1, -0.05) is 78.1 Å². The average molecular weight is 557 g/mol. The lowest BCUT2D eigenvalue weighted by Crippen LogP contribution is -2.01. The fourth-order valence-electron chi connectivity index (χ4n) is 4.67. The highest BCUT2D eigenvalue weighted by molar-refractivity contribution is 6.39. The second-order valence-electron chi connectivity index (χ2n) is 9.47. The van der Waals surface area contributed by atoms with E-state index in [0.717, 1.165) is 23.1 Å². The second-order valence-corrected chi connectivity index (χ2v) is 10.7. The lowest BCUT2D eigenvalue weighted by molar-refractivity contribution is 0.0697. The number of ether oxygens (including phenoxy) is 1. The van der Waals surface area contributed by atoms with E-state index < -0.39 is 5.97 Å². The third-order valence-corrected chi connectivity index (χ3v) is 7.63. The summed E-state index contributed by atoms with van der Waals surface area (Å²) in [5, 5.41) is 15.0. The van der Waals surface area contributed by atoms with Crippen LogP contribution in [0.5, 0.6) is 5.75 Å². The molecule has 0 spiro atoms. The molecule has 4 aromatic rings. The first-order valence-corrected chi connectivity index (χ1v) is 13.1. The summed E-state index contributed by atoms with van der Waals surface area (Å²) in [7, 11) is 0. The van der Waals surface area contributed by atoms with Crippen molar-refractivity contribution in [3.8, 4) is 17.0 Å². The van der Waals surface area contributed by atoms with Crippen molar-refractivity contribution in [2.24, 2.45) is 0 Å². The highest BCUT2D eigenvalue weighted by Gasteiger charge is 2.40. The van der Waals surface area contributed by atoms with Gasteiger partial charge in [-0.2, -0.15) is 0 Å². The SMILES string of the molecule is CC(C)c1onc(-c2c(Cl)cccc2Cl)c1COc1ccc(C2CC2c2ccc(C(=O)O)cc2)c(Cl)c1. The highest BCUT2D eigenvalue weighted by Crippen LogP contribution is 2.56. The van der Waals surface area contributed by atoms with Crippen LogP contribution < -0.4 is 4.74 Å². The van der Waals surface area contributed by atoms with E-state index in [0.29, 0.717) is 43.8 Å². The molecule has 1 aliphatic rings. The van der Waals surface area contributed by atoms with Crippen molar-refractivity contribution in [2.75, 3.05) is 0 Å². The van der Waals surface area contributed by atoms with Gasteiger partial charge in [-0.15, -0.1) is 0 Å². The van der Waals surface area contributed by atoms with Gasteiger partial charge in [0.05, 0.1) is 21.2 Å². The molecule has 2 atom stereocenters. The minimum Gasteiger partial charge on any atom is -0.489 e. The fourth-order valence-corrected chi connectivity index (χ4v) is 5.56. The summed E-state index contributed by atoms with van der Waals surface area (Å²) in [6.07, 6.45) is 0.965. The van der Waals surface area contributed by atoms with Crippen LogP contribution in [0.15, 0.2) is 65.2 Å². The predicted octanol–water partition coefficient (Wildman–Crippen LogP) is 8.97. The first-order chi connectivity index (χ1) is 17.7. The molecule has 190 valence electrons. The lowest BCUT2D eigenvalue weighted by atomic mass is 10.0. The first kappa shape index (κ1) is 25.7. The number of halogens is 3.